The Labute approximate surface area is 124 Å². The van der Waals surface area contributed by atoms with Crippen LogP contribution in [0.3, 0.4) is 0 Å². The van der Waals surface area contributed by atoms with Crippen LogP contribution in [0.4, 0.5) is 11.4 Å². The van der Waals surface area contributed by atoms with Crippen LogP contribution in [0.1, 0.15) is 10.6 Å². The normalized spacial score (nSPS) is 10.7. The average Bonchev–Trinajstić information content (AvgIpc) is 2.89. The summed E-state index contributed by atoms with van der Waals surface area (Å²) < 4.78 is 0. The standard InChI is InChI=1S/C14H12N4O2S/c1-9-13(21-8-17-9)7-16-14-10-4-2-3-5-11(10)15-6-12(14)18(19)20/h2-6,8H,7H2,1H3,(H,15,16). The van der Waals surface area contributed by atoms with Gasteiger partial charge in [-0.2, -0.15) is 0 Å². The van der Waals surface area contributed by atoms with Gasteiger partial charge in [-0.1, -0.05) is 18.2 Å². The molecule has 0 radical (unpaired) electrons. The minimum Gasteiger partial charge on any atom is -0.374 e. The molecule has 7 heteroatoms. The molecular formula is C14H12N4O2S. The van der Waals surface area contributed by atoms with Gasteiger partial charge in [-0.3, -0.25) is 10.1 Å². The van der Waals surface area contributed by atoms with E-state index in [1.54, 1.807) is 5.51 Å². The van der Waals surface area contributed by atoms with Crippen molar-refractivity contribution in [1.82, 2.24) is 9.97 Å². The van der Waals surface area contributed by atoms with Crippen LogP contribution in [0, 0.1) is 17.0 Å². The summed E-state index contributed by atoms with van der Waals surface area (Å²) in [5, 5.41) is 15.1. The van der Waals surface area contributed by atoms with Crippen molar-refractivity contribution >= 4 is 33.6 Å². The molecule has 6 nitrogen and oxygen atoms in total. The van der Waals surface area contributed by atoms with Gasteiger partial charge in [0.2, 0.25) is 0 Å². The van der Waals surface area contributed by atoms with Gasteiger partial charge in [-0.15, -0.1) is 11.3 Å². The quantitative estimate of drug-likeness (QED) is 0.589. The van der Waals surface area contributed by atoms with Crippen molar-refractivity contribution in [3.8, 4) is 0 Å². The summed E-state index contributed by atoms with van der Waals surface area (Å²) in [7, 11) is 0. The van der Waals surface area contributed by atoms with Gasteiger partial charge in [0, 0.05) is 10.3 Å². The number of hydrogen-bond acceptors (Lipinski definition) is 6. The molecule has 0 aliphatic heterocycles. The zero-order valence-electron chi connectivity index (χ0n) is 11.2. The summed E-state index contributed by atoms with van der Waals surface area (Å²) in [5.74, 6) is 0. The highest BCUT2D eigenvalue weighted by Gasteiger charge is 2.18. The molecule has 2 heterocycles. The first-order valence-electron chi connectivity index (χ1n) is 6.32. The van der Waals surface area contributed by atoms with E-state index in [1.165, 1.54) is 17.5 Å². The first kappa shape index (κ1) is 13.4. The number of nitrogens with one attached hydrogen (secondary N) is 1. The molecule has 0 saturated carbocycles. The van der Waals surface area contributed by atoms with Crippen LogP contribution in [0.5, 0.6) is 0 Å². The van der Waals surface area contributed by atoms with Gasteiger partial charge >= 0.3 is 5.69 Å². The molecule has 3 rings (SSSR count). The Balaban J connectivity index is 2.04. The molecule has 3 aromatic rings. The predicted octanol–water partition coefficient (Wildman–Crippen LogP) is 3.52. The second-order valence-corrected chi connectivity index (χ2v) is 5.45. The molecule has 1 N–H and O–H groups in total. The van der Waals surface area contributed by atoms with Crippen LogP contribution in [0.15, 0.2) is 36.0 Å². The Morgan fingerprint density at radius 3 is 2.86 bits per heavy atom. The van der Waals surface area contributed by atoms with Gasteiger partial charge in [0.05, 0.1) is 28.2 Å². The van der Waals surface area contributed by atoms with Crippen molar-refractivity contribution in [2.24, 2.45) is 0 Å². The molecule has 0 saturated heterocycles. The van der Waals surface area contributed by atoms with Crippen molar-refractivity contribution in [2.45, 2.75) is 13.5 Å². The lowest BCUT2D eigenvalue weighted by Gasteiger charge is -2.09. The molecule has 106 valence electrons. The third-order valence-electron chi connectivity index (χ3n) is 3.22. The van der Waals surface area contributed by atoms with Gasteiger partial charge < -0.3 is 5.32 Å². The molecule has 1 aromatic carbocycles. The fourth-order valence-electron chi connectivity index (χ4n) is 2.12. The van der Waals surface area contributed by atoms with Crippen molar-refractivity contribution < 1.29 is 4.92 Å². The maximum Gasteiger partial charge on any atom is 0.311 e. The predicted molar refractivity (Wildman–Crippen MR) is 82.6 cm³/mol. The van der Waals surface area contributed by atoms with Crippen molar-refractivity contribution in [2.75, 3.05) is 5.32 Å². The third kappa shape index (κ3) is 2.55. The molecule has 0 unspecified atom stereocenters. The molecule has 2 aromatic heterocycles. The first-order valence-corrected chi connectivity index (χ1v) is 7.19. The van der Waals surface area contributed by atoms with E-state index in [-0.39, 0.29) is 5.69 Å². The van der Waals surface area contributed by atoms with E-state index >= 15 is 0 Å². The van der Waals surface area contributed by atoms with E-state index in [1.807, 2.05) is 31.2 Å². The summed E-state index contributed by atoms with van der Waals surface area (Å²) >= 11 is 1.53. The number of nitrogens with zero attached hydrogens (tertiary/aromatic N) is 3. The van der Waals surface area contributed by atoms with E-state index in [9.17, 15) is 10.1 Å². The largest absolute Gasteiger partial charge is 0.374 e. The second-order valence-electron chi connectivity index (χ2n) is 4.51. The number of fused-ring (bicyclic) bond motifs is 1. The third-order valence-corrected chi connectivity index (χ3v) is 4.16. The Kier molecular flexibility index (Phi) is 3.49. The van der Waals surface area contributed by atoms with Crippen LogP contribution in [-0.2, 0) is 6.54 Å². The molecule has 0 aliphatic carbocycles. The number of nitro groups is 1. The van der Waals surface area contributed by atoms with Crippen LogP contribution in [0.2, 0.25) is 0 Å². The summed E-state index contributed by atoms with van der Waals surface area (Å²) in [5.41, 5.74) is 3.92. The summed E-state index contributed by atoms with van der Waals surface area (Å²) in [6.07, 6.45) is 1.30. The molecule has 0 spiro atoms. The van der Waals surface area contributed by atoms with Crippen LogP contribution < -0.4 is 5.32 Å². The summed E-state index contributed by atoms with van der Waals surface area (Å²) in [6.45, 7) is 2.43. The molecule has 21 heavy (non-hydrogen) atoms. The fourth-order valence-corrected chi connectivity index (χ4v) is 2.84. The average molecular weight is 300 g/mol. The number of hydrogen-bond donors (Lipinski definition) is 1. The van der Waals surface area contributed by atoms with Crippen LogP contribution in [0.25, 0.3) is 10.9 Å². The topological polar surface area (TPSA) is 81.0 Å². The first-order chi connectivity index (χ1) is 10.2. The SMILES string of the molecule is Cc1ncsc1CNc1c([N+](=O)[O-])cnc2ccccc12. The molecule has 0 fully saturated rings. The zero-order valence-corrected chi connectivity index (χ0v) is 12.1. The Hall–Kier alpha value is -2.54. The fraction of sp³-hybridized carbons (Fsp3) is 0.143. The van der Waals surface area contributed by atoms with E-state index in [2.05, 4.69) is 15.3 Å². The van der Waals surface area contributed by atoms with Gasteiger partial charge in [0.25, 0.3) is 0 Å². The lowest BCUT2D eigenvalue weighted by atomic mass is 10.1. The van der Waals surface area contributed by atoms with E-state index in [0.29, 0.717) is 12.2 Å². The number of benzene rings is 1. The van der Waals surface area contributed by atoms with Crippen molar-refractivity contribution in [3.63, 3.8) is 0 Å². The lowest BCUT2D eigenvalue weighted by molar-refractivity contribution is -0.384. The van der Waals surface area contributed by atoms with Crippen LogP contribution >= 0.6 is 11.3 Å². The molecule has 0 bridgehead atoms. The minimum absolute atomic E-state index is 0.0177. The Bertz CT molecular complexity index is 816. The summed E-state index contributed by atoms with van der Waals surface area (Å²) in [6, 6.07) is 7.37. The van der Waals surface area contributed by atoms with E-state index in [0.717, 1.165) is 21.5 Å². The maximum atomic E-state index is 11.2. The number of para-hydroxylation sites is 1. The van der Waals surface area contributed by atoms with Crippen molar-refractivity contribution in [1.29, 1.82) is 0 Å². The van der Waals surface area contributed by atoms with Gasteiger partial charge in [-0.05, 0) is 13.0 Å². The number of aryl methyl sites for hydroxylation is 1. The number of thiazole rings is 1. The van der Waals surface area contributed by atoms with Gasteiger partial charge in [-0.25, -0.2) is 9.97 Å². The molecule has 0 amide bonds. The Morgan fingerprint density at radius 2 is 2.14 bits per heavy atom. The highest BCUT2D eigenvalue weighted by molar-refractivity contribution is 7.09. The highest BCUT2D eigenvalue weighted by Crippen LogP contribution is 2.32. The van der Waals surface area contributed by atoms with Crippen LogP contribution in [-0.4, -0.2) is 14.9 Å². The highest BCUT2D eigenvalue weighted by atomic mass is 32.1. The number of aromatic nitrogens is 2. The summed E-state index contributed by atoms with van der Waals surface area (Å²) in [4.78, 5) is 20.2. The smallest absolute Gasteiger partial charge is 0.311 e. The van der Waals surface area contributed by atoms with E-state index < -0.39 is 4.92 Å². The number of anilines is 1. The van der Waals surface area contributed by atoms with Gasteiger partial charge in [0.1, 0.15) is 11.9 Å². The monoisotopic (exact) mass is 300 g/mol. The van der Waals surface area contributed by atoms with Gasteiger partial charge in [0.15, 0.2) is 0 Å². The van der Waals surface area contributed by atoms with Crippen molar-refractivity contribution in [3.05, 3.63) is 56.7 Å². The Morgan fingerprint density at radius 1 is 1.33 bits per heavy atom. The second kappa shape index (κ2) is 5.45. The molecule has 0 aliphatic rings. The minimum atomic E-state index is -0.415. The lowest BCUT2D eigenvalue weighted by Crippen LogP contribution is -2.04. The molecular weight excluding hydrogens is 288 g/mol. The molecule has 0 atom stereocenters. The maximum absolute atomic E-state index is 11.2. The zero-order chi connectivity index (χ0) is 14.8. The number of pyridine rings is 1. The van der Waals surface area contributed by atoms with E-state index in [4.69, 9.17) is 0 Å². The number of rotatable bonds is 4.